The summed E-state index contributed by atoms with van der Waals surface area (Å²) in [5.74, 6) is 1.45. The van der Waals surface area contributed by atoms with Crippen LogP contribution in [0.1, 0.15) is 11.1 Å². The summed E-state index contributed by atoms with van der Waals surface area (Å²) in [6, 6.07) is 19.5. The molecule has 0 radical (unpaired) electrons. The number of anilines is 1. The zero-order chi connectivity index (χ0) is 19.2. The van der Waals surface area contributed by atoms with Gasteiger partial charge in [-0.2, -0.15) is 0 Å². The fourth-order valence-corrected chi connectivity index (χ4v) is 3.87. The average Bonchev–Trinajstić information content (AvgIpc) is 2.67. The average molecular weight is 514 g/mol. The second kappa shape index (κ2) is 9.53. The predicted octanol–water partition coefficient (Wildman–Crippen LogP) is 6.80. The molecule has 0 heterocycles. The Hall–Kier alpha value is -1.63. The van der Waals surface area contributed by atoms with Gasteiger partial charge < -0.3 is 14.8 Å². The number of nitrogens with one attached hydrogen (secondary N) is 1. The number of benzene rings is 3. The van der Waals surface area contributed by atoms with Gasteiger partial charge in [-0.25, -0.2) is 0 Å². The molecule has 3 rings (SSSR count). The van der Waals surface area contributed by atoms with E-state index >= 15 is 0 Å². The van der Waals surface area contributed by atoms with Crippen molar-refractivity contribution in [2.75, 3.05) is 12.4 Å². The number of methoxy groups -OCH3 is 1. The van der Waals surface area contributed by atoms with Crippen LogP contribution in [0.3, 0.4) is 0 Å². The zero-order valence-electron chi connectivity index (χ0n) is 14.6. The second-order valence-electron chi connectivity index (χ2n) is 5.86. The highest BCUT2D eigenvalue weighted by Crippen LogP contribution is 2.35. The summed E-state index contributed by atoms with van der Waals surface area (Å²) in [4.78, 5) is 0. The molecule has 3 aromatic carbocycles. The normalized spacial score (nSPS) is 10.5. The Morgan fingerprint density at radius 2 is 1.74 bits per heavy atom. The van der Waals surface area contributed by atoms with E-state index in [2.05, 4.69) is 34.0 Å². The van der Waals surface area contributed by atoms with E-state index in [9.17, 15) is 0 Å². The van der Waals surface area contributed by atoms with Crippen molar-refractivity contribution in [3.63, 3.8) is 0 Å². The van der Waals surface area contributed by atoms with Crippen LogP contribution in [0.15, 0.2) is 60.7 Å². The van der Waals surface area contributed by atoms with Crippen LogP contribution in [0.4, 0.5) is 5.69 Å². The molecule has 0 atom stereocenters. The molecule has 0 saturated heterocycles. The Morgan fingerprint density at radius 3 is 2.44 bits per heavy atom. The fourth-order valence-electron chi connectivity index (χ4n) is 2.58. The van der Waals surface area contributed by atoms with Crippen LogP contribution in [-0.2, 0) is 13.2 Å². The van der Waals surface area contributed by atoms with E-state index < -0.39 is 0 Å². The van der Waals surface area contributed by atoms with E-state index in [1.165, 1.54) is 0 Å². The maximum Gasteiger partial charge on any atom is 0.174 e. The molecule has 0 aromatic heterocycles. The highest BCUT2D eigenvalue weighted by molar-refractivity contribution is 14.1. The monoisotopic (exact) mass is 513 g/mol. The van der Waals surface area contributed by atoms with Gasteiger partial charge in [0.2, 0.25) is 0 Å². The molecular formula is C21H18Cl2INO2. The van der Waals surface area contributed by atoms with Gasteiger partial charge in [0.05, 0.1) is 21.4 Å². The third-order valence-corrected chi connectivity index (χ3v) is 5.28. The van der Waals surface area contributed by atoms with Gasteiger partial charge in [0, 0.05) is 11.6 Å². The molecule has 0 bridgehead atoms. The molecule has 0 unspecified atom stereocenters. The van der Waals surface area contributed by atoms with Crippen LogP contribution >= 0.6 is 45.8 Å². The number of halogens is 3. The lowest BCUT2D eigenvalue weighted by Crippen LogP contribution is -2.04. The highest BCUT2D eigenvalue weighted by atomic mass is 127. The van der Waals surface area contributed by atoms with E-state index in [1.807, 2.05) is 42.5 Å². The summed E-state index contributed by atoms with van der Waals surface area (Å²) in [5, 5.41) is 4.52. The SMILES string of the molecule is COc1cc(CNc2ccc(Cl)cc2Cl)cc(I)c1OCc1ccccc1. The van der Waals surface area contributed by atoms with Gasteiger partial charge in [0.15, 0.2) is 11.5 Å². The summed E-state index contributed by atoms with van der Waals surface area (Å²) >= 11 is 14.4. The number of hydrogen-bond acceptors (Lipinski definition) is 3. The van der Waals surface area contributed by atoms with Gasteiger partial charge in [-0.1, -0.05) is 53.5 Å². The van der Waals surface area contributed by atoms with Crippen molar-refractivity contribution in [2.24, 2.45) is 0 Å². The molecule has 0 amide bonds. The van der Waals surface area contributed by atoms with Gasteiger partial charge in [-0.05, 0) is 64.0 Å². The van der Waals surface area contributed by atoms with E-state index in [0.29, 0.717) is 28.9 Å². The quantitative estimate of drug-likeness (QED) is 0.352. The lowest BCUT2D eigenvalue weighted by Gasteiger charge is -2.15. The summed E-state index contributed by atoms with van der Waals surface area (Å²) in [6.07, 6.45) is 0. The van der Waals surface area contributed by atoms with E-state index in [4.69, 9.17) is 32.7 Å². The van der Waals surface area contributed by atoms with Crippen molar-refractivity contribution >= 4 is 51.5 Å². The van der Waals surface area contributed by atoms with Crippen molar-refractivity contribution in [1.82, 2.24) is 0 Å². The minimum atomic E-state index is 0.491. The van der Waals surface area contributed by atoms with Gasteiger partial charge in [-0.15, -0.1) is 0 Å². The third kappa shape index (κ3) is 5.43. The standard InChI is InChI=1S/C21H18Cl2INO2/c1-26-20-10-15(12-25-19-8-7-16(22)11-17(19)23)9-18(24)21(20)27-13-14-5-3-2-4-6-14/h2-11,25H,12-13H2,1H3. The lowest BCUT2D eigenvalue weighted by molar-refractivity contribution is 0.282. The van der Waals surface area contributed by atoms with Crippen molar-refractivity contribution < 1.29 is 9.47 Å². The van der Waals surface area contributed by atoms with Crippen molar-refractivity contribution in [3.8, 4) is 11.5 Å². The molecule has 0 aliphatic rings. The molecule has 0 spiro atoms. The number of ether oxygens (including phenoxy) is 2. The predicted molar refractivity (Wildman–Crippen MR) is 120 cm³/mol. The molecule has 6 heteroatoms. The topological polar surface area (TPSA) is 30.5 Å². The first-order chi connectivity index (χ1) is 13.1. The van der Waals surface area contributed by atoms with Gasteiger partial charge in [-0.3, -0.25) is 0 Å². The molecule has 3 nitrogen and oxygen atoms in total. The minimum absolute atomic E-state index is 0.491. The smallest absolute Gasteiger partial charge is 0.174 e. The maximum absolute atomic E-state index is 6.22. The van der Waals surface area contributed by atoms with E-state index in [-0.39, 0.29) is 0 Å². The molecular weight excluding hydrogens is 496 g/mol. The Bertz CT molecular complexity index is 920. The van der Waals surface area contributed by atoms with E-state index in [0.717, 1.165) is 26.1 Å². The Morgan fingerprint density at radius 1 is 0.963 bits per heavy atom. The summed E-state index contributed by atoms with van der Waals surface area (Å²) in [6.45, 7) is 1.10. The van der Waals surface area contributed by atoms with Crippen LogP contribution < -0.4 is 14.8 Å². The van der Waals surface area contributed by atoms with Crippen LogP contribution in [0, 0.1) is 3.57 Å². The first kappa shape index (κ1) is 20.1. The highest BCUT2D eigenvalue weighted by Gasteiger charge is 2.12. The molecule has 27 heavy (non-hydrogen) atoms. The number of rotatable bonds is 7. The Balaban J connectivity index is 1.73. The van der Waals surface area contributed by atoms with E-state index in [1.54, 1.807) is 19.2 Å². The summed E-state index contributed by atoms with van der Waals surface area (Å²) < 4.78 is 12.5. The lowest BCUT2D eigenvalue weighted by atomic mass is 10.2. The van der Waals surface area contributed by atoms with Gasteiger partial charge in [0.1, 0.15) is 6.61 Å². The molecule has 3 aromatic rings. The fraction of sp³-hybridized carbons (Fsp3) is 0.143. The van der Waals surface area contributed by atoms with Crippen LogP contribution in [0.5, 0.6) is 11.5 Å². The first-order valence-electron chi connectivity index (χ1n) is 8.29. The van der Waals surface area contributed by atoms with Crippen LogP contribution in [-0.4, -0.2) is 7.11 Å². The largest absolute Gasteiger partial charge is 0.493 e. The summed E-state index contributed by atoms with van der Waals surface area (Å²) in [7, 11) is 1.65. The molecule has 0 aliphatic heterocycles. The van der Waals surface area contributed by atoms with Crippen molar-refractivity contribution in [3.05, 3.63) is 85.4 Å². The summed E-state index contributed by atoms with van der Waals surface area (Å²) in [5.41, 5.74) is 3.01. The zero-order valence-corrected chi connectivity index (χ0v) is 18.3. The Kier molecular flexibility index (Phi) is 7.10. The van der Waals surface area contributed by atoms with Crippen molar-refractivity contribution in [2.45, 2.75) is 13.2 Å². The first-order valence-corrected chi connectivity index (χ1v) is 10.1. The third-order valence-electron chi connectivity index (χ3n) is 3.93. The molecule has 0 saturated carbocycles. The molecule has 0 fully saturated rings. The second-order valence-corrected chi connectivity index (χ2v) is 7.87. The van der Waals surface area contributed by atoms with Gasteiger partial charge in [0.25, 0.3) is 0 Å². The van der Waals surface area contributed by atoms with Crippen LogP contribution in [0.2, 0.25) is 10.0 Å². The van der Waals surface area contributed by atoms with Gasteiger partial charge >= 0.3 is 0 Å². The minimum Gasteiger partial charge on any atom is -0.493 e. The molecule has 140 valence electrons. The Labute approximate surface area is 182 Å². The maximum atomic E-state index is 6.22. The number of hydrogen-bond donors (Lipinski definition) is 1. The molecule has 1 N–H and O–H groups in total. The van der Waals surface area contributed by atoms with Crippen molar-refractivity contribution in [1.29, 1.82) is 0 Å². The molecule has 0 aliphatic carbocycles. The van der Waals surface area contributed by atoms with Crippen LogP contribution in [0.25, 0.3) is 0 Å².